The third-order valence-electron chi connectivity index (χ3n) is 6.59. The molecule has 0 aliphatic carbocycles. The quantitative estimate of drug-likeness (QED) is 0.856. The van der Waals surface area contributed by atoms with Crippen LogP contribution in [0.15, 0.2) is 24.3 Å². The molecule has 4 rings (SSSR count). The molecule has 1 aromatic rings. The monoisotopic (exact) mass is 387 g/mol. The number of likely N-dealkylation sites (tertiary alicyclic amines) is 1. The Balaban J connectivity index is 1.21. The number of aromatic hydroxyl groups is 1. The Hall–Kier alpha value is -1.63. The van der Waals surface area contributed by atoms with Gasteiger partial charge in [-0.3, -0.25) is 9.69 Å². The van der Waals surface area contributed by atoms with Gasteiger partial charge in [0, 0.05) is 57.9 Å². The largest absolute Gasteiger partial charge is 0.508 e. The molecule has 154 valence electrons. The number of carbonyl (C=O) groups excluding carboxylic acids is 1. The predicted octanol–water partition coefficient (Wildman–Crippen LogP) is 1.93. The lowest BCUT2D eigenvalue weighted by Gasteiger charge is -2.41. The Kier molecular flexibility index (Phi) is 6.50. The number of hydrogen-bond donors (Lipinski definition) is 1. The third-order valence-corrected chi connectivity index (χ3v) is 6.59. The van der Waals surface area contributed by atoms with E-state index in [-0.39, 0.29) is 5.92 Å². The number of carbonyl (C=O) groups is 1. The Morgan fingerprint density at radius 2 is 1.71 bits per heavy atom. The molecule has 6 nitrogen and oxygen atoms in total. The highest BCUT2D eigenvalue weighted by Crippen LogP contribution is 2.25. The van der Waals surface area contributed by atoms with Gasteiger partial charge in [-0.25, -0.2) is 0 Å². The molecule has 0 saturated carbocycles. The maximum Gasteiger partial charge on any atom is 0.225 e. The number of phenolic OH excluding ortho intramolecular Hbond substituents is 1. The first-order chi connectivity index (χ1) is 13.7. The summed E-state index contributed by atoms with van der Waals surface area (Å²) in [5.74, 6) is 0.885. The molecule has 3 saturated heterocycles. The molecule has 0 unspecified atom stereocenters. The van der Waals surface area contributed by atoms with Gasteiger partial charge in [-0.1, -0.05) is 12.1 Å². The Morgan fingerprint density at radius 1 is 1.00 bits per heavy atom. The van der Waals surface area contributed by atoms with E-state index in [2.05, 4.69) is 14.7 Å². The van der Waals surface area contributed by atoms with E-state index in [1.54, 1.807) is 6.07 Å². The minimum atomic E-state index is 0.203. The average Bonchev–Trinajstić information content (AvgIpc) is 2.75. The zero-order valence-electron chi connectivity index (χ0n) is 16.8. The zero-order chi connectivity index (χ0) is 19.3. The summed E-state index contributed by atoms with van der Waals surface area (Å²) >= 11 is 0. The second-order valence-corrected chi connectivity index (χ2v) is 8.43. The summed E-state index contributed by atoms with van der Waals surface area (Å²) < 4.78 is 5.48. The SMILES string of the molecule is O=C(C1CCN(C2CCOCC2)CC1)N1CCN(Cc2cccc(O)c2)CC1. The van der Waals surface area contributed by atoms with Crippen molar-refractivity contribution >= 4 is 5.91 Å². The van der Waals surface area contributed by atoms with Gasteiger partial charge in [0.05, 0.1) is 0 Å². The molecular formula is C22H33N3O3. The lowest BCUT2D eigenvalue weighted by atomic mass is 9.92. The molecular weight excluding hydrogens is 354 g/mol. The molecule has 0 spiro atoms. The molecule has 0 radical (unpaired) electrons. The van der Waals surface area contributed by atoms with Crippen molar-refractivity contribution in [1.29, 1.82) is 0 Å². The molecule has 3 fully saturated rings. The van der Waals surface area contributed by atoms with Crippen LogP contribution in [0.2, 0.25) is 0 Å². The number of phenols is 1. The molecule has 0 bridgehead atoms. The molecule has 3 aliphatic rings. The van der Waals surface area contributed by atoms with Crippen molar-refractivity contribution in [3.63, 3.8) is 0 Å². The maximum atomic E-state index is 13.0. The standard InChI is InChI=1S/C22H33N3O3/c26-21-3-1-2-18(16-21)17-23-10-12-25(13-11-23)22(27)19-4-8-24(9-5-19)20-6-14-28-15-7-20/h1-3,16,19-20,26H,4-15,17H2. The molecule has 28 heavy (non-hydrogen) atoms. The number of nitrogens with zero attached hydrogens (tertiary/aromatic N) is 3. The number of amides is 1. The summed E-state index contributed by atoms with van der Waals surface area (Å²) in [7, 11) is 0. The highest BCUT2D eigenvalue weighted by atomic mass is 16.5. The van der Waals surface area contributed by atoms with Crippen LogP contribution in [0, 0.1) is 5.92 Å². The van der Waals surface area contributed by atoms with Gasteiger partial charge in [0.15, 0.2) is 0 Å². The van der Waals surface area contributed by atoms with Crippen LogP contribution in [-0.2, 0) is 16.1 Å². The highest BCUT2D eigenvalue weighted by molar-refractivity contribution is 5.79. The number of piperazine rings is 1. The second kappa shape index (κ2) is 9.25. The zero-order valence-corrected chi connectivity index (χ0v) is 16.8. The van der Waals surface area contributed by atoms with Crippen molar-refractivity contribution in [3.05, 3.63) is 29.8 Å². The van der Waals surface area contributed by atoms with E-state index >= 15 is 0 Å². The van der Waals surface area contributed by atoms with Crippen LogP contribution in [0.3, 0.4) is 0 Å². The number of benzene rings is 1. The van der Waals surface area contributed by atoms with Gasteiger partial charge >= 0.3 is 0 Å². The van der Waals surface area contributed by atoms with Crippen molar-refractivity contribution in [2.75, 3.05) is 52.5 Å². The molecule has 1 N–H and O–H groups in total. The van der Waals surface area contributed by atoms with E-state index < -0.39 is 0 Å². The molecule has 1 aromatic carbocycles. The van der Waals surface area contributed by atoms with Gasteiger partial charge in [0.25, 0.3) is 0 Å². The molecule has 0 aromatic heterocycles. The number of rotatable bonds is 4. The van der Waals surface area contributed by atoms with Gasteiger partial charge in [-0.15, -0.1) is 0 Å². The van der Waals surface area contributed by atoms with Gasteiger partial charge in [-0.05, 0) is 56.5 Å². The summed E-state index contributed by atoms with van der Waals surface area (Å²) in [6.45, 7) is 8.16. The van der Waals surface area contributed by atoms with Crippen molar-refractivity contribution in [2.24, 2.45) is 5.92 Å². The lowest BCUT2D eigenvalue weighted by molar-refractivity contribution is -0.139. The normalized spacial score (nSPS) is 23.8. The third kappa shape index (κ3) is 4.85. The van der Waals surface area contributed by atoms with E-state index in [4.69, 9.17) is 4.74 Å². The van der Waals surface area contributed by atoms with Crippen molar-refractivity contribution < 1.29 is 14.6 Å². The van der Waals surface area contributed by atoms with E-state index in [9.17, 15) is 9.90 Å². The first kappa shape index (κ1) is 19.7. The van der Waals surface area contributed by atoms with Gasteiger partial charge in [-0.2, -0.15) is 0 Å². The first-order valence-corrected chi connectivity index (χ1v) is 10.8. The minimum Gasteiger partial charge on any atom is -0.508 e. The van der Waals surface area contributed by atoms with Crippen LogP contribution in [-0.4, -0.2) is 84.2 Å². The molecule has 6 heteroatoms. The lowest BCUT2D eigenvalue weighted by Crippen LogP contribution is -2.52. The van der Waals surface area contributed by atoms with E-state index in [0.29, 0.717) is 17.7 Å². The molecule has 1 amide bonds. The molecule has 0 atom stereocenters. The summed E-state index contributed by atoms with van der Waals surface area (Å²) in [6.07, 6.45) is 4.28. The fourth-order valence-electron chi connectivity index (χ4n) is 4.86. The van der Waals surface area contributed by atoms with Gasteiger partial charge < -0.3 is 19.6 Å². The van der Waals surface area contributed by atoms with Crippen molar-refractivity contribution in [2.45, 2.75) is 38.3 Å². The number of ether oxygens (including phenoxy) is 1. The maximum absolute atomic E-state index is 13.0. The van der Waals surface area contributed by atoms with Crippen LogP contribution in [0.25, 0.3) is 0 Å². The summed E-state index contributed by atoms with van der Waals surface area (Å²) in [5, 5.41) is 9.62. The van der Waals surface area contributed by atoms with E-state index in [1.165, 1.54) is 0 Å². The second-order valence-electron chi connectivity index (χ2n) is 8.43. The fourth-order valence-corrected chi connectivity index (χ4v) is 4.86. The predicted molar refractivity (Wildman–Crippen MR) is 108 cm³/mol. The van der Waals surface area contributed by atoms with Crippen LogP contribution in [0.5, 0.6) is 5.75 Å². The smallest absolute Gasteiger partial charge is 0.225 e. The van der Waals surface area contributed by atoms with Crippen molar-refractivity contribution in [1.82, 2.24) is 14.7 Å². The van der Waals surface area contributed by atoms with Crippen LogP contribution in [0.1, 0.15) is 31.2 Å². The molecule has 3 heterocycles. The number of hydrogen-bond acceptors (Lipinski definition) is 5. The minimum absolute atomic E-state index is 0.203. The van der Waals surface area contributed by atoms with E-state index in [0.717, 1.165) is 90.3 Å². The Morgan fingerprint density at radius 3 is 2.39 bits per heavy atom. The van der Waals surface area contributed by atoms with Crippen molar-refractivity contribution in [3.8, 4) is 5.75 Å². The van der Waals surface area contributed by atoms with E-state index in [1.807, 2.05) is 18.2 Å². The summed E-state index contributed by atoms with van der Waals surface area (Å²) in [4.78, 5) is 20.0. The van der Waals surface area contributed by atoms with Gasteiger partial charge in [0.1, 0.15) is 5.75 Å². The van der Waals surface area contributed by atoms with Crippen LogP contribution < -0.4 is 0 Å². The fraction of sp³-hybridized carbons (Fsp3) is 0.682. The van der Waals surface area contributed by atoms with Crippen LogP contribution in [0.4, 0.5) is 0 Å². The Bertz CT molecular complexity index is 646. The van der Waals surface area contributed by atoms with Crippen LogP contribution >= 0.6 is 0 Å². The highest BCUT2D eigenvalue weighted by Gasteiger charge is 2.32. The molecule has 3 aliphatic heterocycles. The number of piperidine rings is 1. The van der Waals surface area contributed by atoms with Gasteiger partial charge in [0.2, 0.25) is 5.91 Å². The summed E-state index contributed by atoms with van der Waals surface area (Å²) in [6, 6.07) is 8.11. The summed E-state index contributed by atoms with van der Waals surface area (Å²) in [5.41, 5.74) is 1.13. The Labute approximate surface area is 168 Å². The average molecular weight is 388 g/mol. The topological polar surface area (TPSA) is 56.2 Å². The first-order valence-electron chi connectivity index (χ1n) is 10.8.